The fourth-order valence-corrected chi connectivity index (χ4v) is 3.89. The molecule has 0 bridgehead atoms. The number of aryl methyl sites for hydroxylation is 2. The Morgan fingerprint density at radius 1 is 1.13 bits per heavy atom. The highest BCUT2D eigenvalue weighted by Crippen LogP contribution is 2.34. The third kappa shape index (κ3) is 6.63. The van der Waals surface area contributed by atoms with Gasteiger partial charge in [-0.05, 0) is 43.7 Å². The van der Waals surface area contributed by atoms with Gasteiger partial charge in [-0.3, -0.25) is 9.48 Å². The van der Waals surface area contributed by atoms with Crippen molar-refractivity contribution in [2.24, 2.45) is 7.05 Å². The molecule has 2 aromatic carbocycles. The minimum absolute atomic E-state index is 0.0103. The maximum absolute atomic E-state index is 13.5. The number of nitrogens with one attached hydrogen (secondary N) is 2. The van der Waals surface area contributed by atoms with E-state index in [0.29, 0.717) is 17.9 Å². The molecule has 0 saturated carbocycles. The molecule has 39 heavy (non-hydrogen) atoms. The summed E-state index contributed by atoms with van der Waals surface area (Å²) in [5.41, 5.74) is 3.10. The van der Waals surface area contributed by atoms with E-state index in [1.807, 2.05) is 34.7 Å². The Bertz CT molecular complexity index is 1470. The quantitative estimate of drug-likeness (QED) is 0.292. The van der Waals surface area contributed by atoms with Crippen LogP contribution in [0.3, 0.4) is 0 Å². The van der Waals surface area contributed by atoms with E-state index in [4.69, 9.17) is 4.74 Å². The molecule has 206 valence electrons. The van der Waals surface area contributed by atoms with Gasteiger partial charge >= 0.3 is 6.18 Å². The molecule has 4 aromatic rings. The van der Waals surface area contributed by atoms with Gasteiger partial charge in [0.05, 0.1) is 23.6 Å². The van der Waals surface area contributed by atoms with Crippen LogP contribution >= 0.6 is 0 Å². The number of ether oxygens (including phenoxy) is 1. The van der Waals surface area contributed by atoms with Crippen LogP contribution in [-0.4, -0.2) is 49.9 Å². The van der Waals surface area contributed by atoms with Crippen LogP contribution in [-0.2, 0) is 13.2 Å². The Kier molecular flexibility index (Phi) is 8.05. The zero-order chi connectivity index (χ0) is 28.3. The molecule has 0 unspecified atom stereocenters. The van der Waals surface area contributed by atoms with E-state index in [1.165, 1.54) is 6.07 Å². The molecule has 0 aliphatic carbocycles. The third-order valence-corrected chi connectivity index (χ3v) is 6.14. The van der Waals surface area contributed by atoms with Gasteiger partial charge < -0.3 is 15.4 Å². The summed E-state index contributed by atoms with van der Waals surface area (Å²) in [5, 5.41) is 18.4. The van der Waals surface area contributed by atoms with Crippen LogP contribution in [0.4, 0.5) is 18.9 Å². The van der Waals surface area contributed by atoms with Crippen molar-refractivity contribution in [2.75, 3.05) is 18.5 Å². The number of amides is 1. The number of alkyl halides is 3. The molecular formula is C27H30F3N7O2. The van der Waals surface area contributed by atoms with Gasteiger partial charge in [0, 0.05) is 48.2 Å². The van der Waals surface area contributed by atoms with Crippen LogP contribution < -0.4 is 15.4 Å². The van der Waals surface area contributed by atoms with E-state index in [0.717, 1.165) is 29.0 Å². The first-order chi connectivity index (χ1) is 18.4. The van der Waals surface area contributed by atoms with Crippen LogP contribution in [0.1, 0.15) is 41.0 Å². The number of aromatic nitrogens is 5. The third-order valence-electron chi connectivity index (χ3n) is 6.14. The average Bonchev–Trinajstić information content (AvgIpc) is 3.48. The second kappa shape index (κ2) is 11.3. The van der Waals surface area contributed by atoms with Gasteiger partial charge in [0.25, 0.3) is 5.91 Å². The summed E-state index contributed by atoms with van der Waals surface area (Å²) in [4.78, 5) is 13.1. The number of nitrogens with zero attached hydrogens (tertiary/aromatic N) is 5. The van der Waals surface area contributed by atoms with Crippen molar-refractivity contribution in [3.8, 4) is 22.7 Å². The molecule has 12 heteroatoms. The van der Waals surface area contributed by atoms with E-state index >= 15 is 0 Å². The summed E-state index contributed by atoms with van der Waals surface area (Å²) in [5.74, 6) is -0.567. The largest absolute Gasteiger partial charge is 0.492 e. The van der Waals surface area contributed by atoms with Crippen molar-refractivity contribution in [3.63, 3.8) is 0 Å². The molecule has 0 fully saturated rings. The van der Waals surface area contributed by atoms with Crippen molar-refractivity contribution in [1.82, 2.24) is 30.1 Å². The number of carbonyl (C=O) groups is 1. The summed E-state index contributed by atoms with van der Waals surface area (Å²) in [7, 11) is 1.83. The molecule has 2 heterocycles. The van der Waals surface area contributed by atoms with E-state index in [9.17, 15) is 18.0 Å². The van der Waals surface area contributed by atoms with Crippen LogP contribution in [0.25, 0.3) is 16.9 Å². The first-order valence-corrected chi connectivity index (χ1v) is 12.3. The molecule has 1 amide bonds. The number of hydrogen-bond donors (Lipinski definition) is 2. The molecule has 0 spiro atoms. The second-order valence-electron chi connectivity index (χ2n) is 9.47. The predicted molar refractivity (Wildman–Crippen MR) is 141 cm³/mol. The zero-order valence-electron chi connectivity index (χ0n) is 22.3. The summed E-state index contributed by atoms with van der Waals surface area (Å²) in [6.07, 6.45) is -1.17. The lowest BCUT2D eigenvalue weighted by Gasteiger charge is -2.15. The summed E-state index contributed by atoms with van der Waals surface area (Å²) < 4.78 is 49.4. The molecule has 0 aliphatic rings. The normalized spacial score (nSPS) is 11.7. The molecule has 9 nitrogen and oxygen atoms in total. The van der Waals surface area contributed by atoms with Crippen LogP contribution in [0.2, 0.25) is 0 Å². The second-order valence-corrected chi connectivity index (χ2v) is 9.47. The van der Waals surface area contributed by atoms with Crippen molar-refractivity contribution in [1.29, 1.82) is 0 Å². The van der Waals surface area contributed by atoms with Crippen molar-refractivity contribution < 1.29 is 22.7 Å². The fraction of sp³-hybridized carbons (Fsp3) is 0.333. The van der Waals surface area contributed by atoms with Crippen LogP contribution in [0, 0.1) is 13.8 Å². The van der Waals surface area contributed by atoms with Crippen molar-refractivity contribution in [2.45, 2.75) is 39.9 Å². The summed E-state index contributed by atoms with van der Waals surface area (Å²) in [6.45, 7) is 8.33. The van der Waals surface area contributed by atoms with E-state index in [2.05, 4.69) is 26.0 Å². The van der Waals surface area contributed by atoms with Crippen molar-refractivity contribution in [3.05, 3.63) is 71.2 Å². The number of anilines is 1. The monoisotopic (exact) mass is 541 g/mol. The first-order valence-electron chi connectivity index (χ1n) is 12.3. The number of halogens is 3. The maximum Gasteiger partial charge on any atom is 0.416 e. The fourth-order valence-electron chi connectivity index (χ4n) is 3.89. The Morgan fingerprint density at radius 3 is 2.56 bits per heavy atom. The molecule has 0 radical (unpaired) electrons. The van der Waals surface area contributed by atoms with Crippen LogP contribution in [0.15, 0.2) is 48.8 Å². The molecule has 2 aromatic heterocycles. The SMILES string of the molecule is Cc1ccc(C(=O)Nc2cc(OCCNC(C)C)cc(C(F)(F)F)c2)cc1-n1cc(-c2cnn(C)c2C)nn1. The van der Waals surface area contributed by atoms with E-state index in [1.54, 1.807) is 40.0 Å². The molecule has 2 N–H and O–H groups in total. The Hall–Kier alpha value is -4.19. The van der Waals surface area contributed by atoms with Gasteiger partial charge in [-0.2, -0.15) is 18.3 Å². The highest BCUT2D eigenvalue weighted by molar-refractivity contribution is 6.04. The number of benzene rings is 2. The van der Waals surface area contributed by atoms with E-state index in [-0.39, 0.29) is 29.6 Å². The highest BCUT2D eigenvalue weighted by Gasteiger charge is 2.31. The van der Waals surface area contributed by atoms with E-state index < -0.39 is 17.6 Å². The Balaban J connectivity index is 1.56. The topological polar surface area (TPSA) is 98.9 Å². The van der Waals surface area contributed by atoms with Crippen molar-refractivity contribution >= 4 is 11.6 Å². The molecule has 0 saturated heterocycles. The lowest BCUT2D eigenvalue weighted by atomic mass is 10.1. The average molecular weight is 542 g/mol. The highest BCUT2D eigenvalue weighted by atomic mass is 19.4. The smallest absolute Gasteiger partial charge is 0.416 e. The Morgan fingerprint density at radius 2 is 1.90 bits per heavy atom. The van der Waals surface area contributed by atoms with Gasteiger partial charge in [0.15, 0.2) is 0 Å². The minimum atomic E-state index is -4.61. The molecule has 0 atom stereocenters. The Labute approximate surface area is 224 Å². The maximum atomic E-state index is 13.5. The first kappa shape index (κ1) is 27.8. The number of rotatable bonds is 9. The van der Waals surface area contributed by atoms with Gasteiger partial charge in [0.2, 0.25) is 0 Å². The lowest BCUT2D eigenvalue weighted by molar-refractivity contribution is -0.137. The number of carbonyl (C=O) groups excluding carboxylic acids is 1. The van der Waals surface area contributed by atoms with Gasteiger partial charge in [-0.15, -0.1) is 5.10 Å². The standard InChI is InChI=1S/C27H30F3N7O2/c1-16(2)31-8-9-39-22-12-20(27(28,29)30)11-21(13-22)33-26(38)19-7-6-17(3)25(10-19)37-15-24(34-35-37)23-14-32-36(5)18(23)4/h6-7,10-16,31H,8-9H2,1-5H3,(H,33,38). The molecule has 0 aliphatic heterocycles. The molecular weight excluding hydrogens is 511 g/mol. The van der Waals surface area contributed by atoms with Gasteiger partial charge in [0.1, 0.15) is 18.1 Å². The number of hydrogen-bond acceptors (Lipinski definition) is 6. The zero-order valence-corrected chi connectivity index (χ0v) is 22.3. The summed E-state index contributed by atoms with van der Waals surface area (Å²) >= 11 is 0. The summed E-state index contributed by atoms with van der Waals surface area (Å²) in [6, 6.07) is 8.34. The van der Waals surface area contributed by atoms with Crippen LogP contribution in [0.5, 0.6) is 5.75 Å². The predicted octanol–water partition coefficient (Wildman–Crippen LogP) is 4.93. The van der Waals surface area contributed by atoms with Gasteiger partial charge in [-0.25, -0.2) is 4.68 Å². The minimum Gasteiger partial charge on any atom is -0.492 e. The molecule has 4 rings (SSSR count). The van der Waals surface area contributed by atoms with Gasteiger partial charge in [-0.1, -0.05) is 25.1 Å². The lowest BCUT2D eigenvalue weighted by Crippen LogP contribution is -2.27.